The van der Waals surface area contributed by atoms with Gasteiger partial charge in [0, 0.05) is 20.0 Å². The summed E-state index contributed by atoms with van der Waals surface area (Å²) in [5.74, 6) is 0.773. The third kappa shape index (κ3) is 6.73. The largest absolute Gasteiger partial charge is 0.483 e. The first-order valence-corrected chi connectivity index (χ1v) is 9.33. The van der Waals surface area contributed by atoms with Gasteiger partial charge in [-0.2, -0.15) is 17.6 Å². The molecular weight excluding hydrogens is 364 g/mol. The molecule has 0 fully saturated rings. The Morgan fingerprint density at radius 1 is 1.30 bits per heavy atom. The van der Waals surface area contributed by atoms with Crippen molar-refractivity contribution in [3.8, 4) is 5.75 Å². The molecule has 0 saturated carbocycles. The van der Waals surface area contributed by atoms with Gasteiger partial charge in [-0.25, -0.2) is 4.98 Å². The fourth-order valence-corrected chi connectivity index (χ4v) is 3.02. The van der Waals surface area contributed by atoms with Crippen LogP contribution in [0.4, 0.5) is 11.8 Å². The van der Waals surface area contributed by atoms with Crippen LogP contribution in [0.25, 0.3) is 0 Å². The lowest BCUT2D eigenvalue weighted by Gasteiger charge is -2.30. The van der Waals surface area contributed by atoms with Gasteiger partial charge in [-0.05, 0) is 12.0 Å². The van der Waals surface area contributed by atoms with Crippen molar-refractivity contribution in [2.45, 2.75) is 44.6 Å². The second kappa shape index (κ2) is 10.1. The van der Waals surface area contributed by atoms with Gasteiger partial charge in [-0.15, -0.1) is 0 Å². The summed E-state index contributed by atoms with van der Waals surface area (Å²) in [6.45, 7) is 3.77. The highest BCUT2D eigenvalue weighted by atomic mass is 32.1. The van der Waals surface area contributed by atoms with E-state index in [1.54, 1.807) is 0 Å². The summed E-state index contributed by atoms with van der Waals surface area (Å²) in [5, 5.41) is 15.2. The van der Waals surface area contributed by atoms with Crippen molar-refractivity contribution >= 4 is 30.3 Å². The first-order chi connectivity index (χ1) is 13.0. The van der Waals surface area contributed by atoms with Gasteiger partial charge in [0.2, 0.25) is 11.9 Å². The molecule has 2 rings (SSSR count). The van der Waals surface area contributed by atoms with Crippen LogP contribution in [-0.2, 0) is 11.4 Å². The molecule has 1 aromatic heterocycles. The first-order valence-electron chi connectivity index (χ1n) is 8.88. The Kier molecular flexibility index (Phi) is 7.87. The van der Waals surface area contributed by atoms with Crippen molar-refractivity contribution in [2.75, 3.05) is 17.2 Å². The molecule has 0 aliphatic carbocycles. The normalized spacial score (nSPS) is 12.9. The van der Waals surface area contributed by atoms with E-state index < -0.39 is 4.87 Å². The van der Waals surface area contributed by atoms with Gasteiger partial charge >= 0.3 is 0 Å². The molecule has 0 unspecified atom stereocenters. The van der Waals surface area contributed by atoms with Gasteiger partial charge < -0.3 is 15.2 Å². The molecular formula is C19H26N4O3S. The standard InChI is InChI=1S/C19H26N4O3S/c1-3-9-19(27,10-11-24)23-17-16(12-20-18(22-17)21-14(2)25)26-13-15-7-5-4-6-8-15/h4-8,12,24,27H,3,9-11,13H2,1-2H3,(H2,20,21,22,23,25)/t19-/m0/s1. The summed E-state index contributed by atoms with van der Waals surface area (Å²) in [6, 6.07) is 9.75. The summed E-state index contributed by atoms with van der Waals surface area (Å²) in [5.41, 5.74) is 1.01. The van der Waals surface area contributed by atoms with E-state index in [2.05, 4.69) is 20.6 Å². The Morgan fingerprint density at radius 3 is 2.67 bits per heavy atom. The van der Waals surface area contributed by atoms with Crippen LogP contribution < -0.4 is 15.4 Å². The molecule has 1 amide bonds. The summed E-state index contributed by atoms with van der Waals surface area (Å²) in [6.07, 6.45) is 3.54. The Hall–Kier alpha value is -2.32. The van der Waals surface area contributed by atoms with E-state index in [1.165, 1.54) is 13.1 Å². The molecule has 2 aromatic rings. The zero-order valence-corrected chi connectivity index (χ0v) is 16.5. The van der Waals surface area contributed by atoms with E-state index >= 15 is 0 Å². The number of anilines is 2. The second-order valence-electron chi connectivity index (χ2n) is 6.24. The number of hydrogen-bond donors (Lipinski definition) is 4. The number of carbonyl (C=O) groups is 1. The predicted molar refractivity (Wildman–Crippen MR) is 109 cm³/mol. The molecule has 0 spiro atoms. The molecule has 146 valence electrons. The minimum Gasteiger partial charge on any atom is -0.483 e. The van der Waals surface area contributed by atoms with Crippen LogP contribution in [0.3, 0.4) is 0 Å². The fourth-order valence-electron chi connectivity index (χ4n) is 2.59. The maximum atomic E-state index is 11.3. The highest BCUT2D eigenvalue weighted by molar-refractivity contribution is 7.82. The number of hydrogen-bond acceptors (Lipinski definition) is 7. The van der Waals surface area contributed by atoms with E-state index in [0.717, 1.165) is 12.0 Å². The van der Waals surface area contributed by atoms with Crippen LogP contribution in [0.1, 0.15) is 38.7 Å². The monoisotopic (exact) mass is 390 g/mol. The molecule has 0 radical (unpaired) electrons. The maximum Gasteiger partial charge on any atom is 0.231 e. The lowest BCUT2D eigenvalue weighted by molar-refractivity contribution is -0.114. The Bertz CT molecular complexity index is 737. The third-order valence-electron chi connectivity index (χ3n) is 3.82. The Balaban J connectivity index is 2.26. The molecule has 1 aromatic carbocycles. The minimum atomic E-state index is -0.657. The van der Waals surface area contributed by atoms with Crippen molar-refractivity contribution in [3.05, 3.63) is 42.1 Å². The Morgan fingerprint density at radius 2 is 2.04 bits per heavy atom. The van der Waals surface area contributed by atoms with Crippen LogP contribution in [0.15, 0.2) is 36.5 Å². The van der Waals surface area contributed by atoms with Gasteiger partial charge in [0.25, 0.3) is 0 Å². The van der Waals surface area contributed by atoms with E-state index in [9.17, 15) is 9.90 Å². The summed E-state index contributed by atoms with van der Waals surface area (Å²) >= 11 is 4.71. The number of amides is 1. The van der Waals surface area contributed by atoms with Crippen LogP contribution >= 0.6 is 12.6 Å². The topological polar surface area (TPSA) is 96.4 Å². The SMILES string of the molecule is CCC[C@](S)(CCO)Nc1nc(NC(C)=O)ncc1OCc1ccccc1. The number of nitrogens with one attached hydrogen (secondary N) is 2. The van der Waals surface area contributed by atoms with E-state index in [-0.39, 0.29) is 18.5 Å². The second-order valence-corrected chi connectivity index (χ2v) is 7.10. The molecule has 0 aliphatic rings. The van der Waals surface area contributed by atoms with Crippen LogP contribution in [-0.4, -0.2) is 32.5 Å². The molecule has 1 atom stereocenters. The fraction of sp³-hybridized carbons (Fsp3) is 0.421. The number of rotatable bonds is 10. The van der Waals surface area contributed by atoms with E-state index in [0.29, 0.717) is 31.0 Å². The quantitative estimate of drug-likeness (QED) is 0.367. The highest BCUT2D eigenvalue weighted by Gasteiger charge is 2.26. The number of benzene rings is 1. The number of thiol groups is 1. The predicted octanol–water partition coefficient (Wildman–Crippen LogP) is 3.23. The van der Waals surface area contributed by atoms with Crippen molar-refractivity contribution in [2.24, 2.45) is 0 Å². The number of aromatic nitrogens is 2. The minimum absolute atomic E-state index is 0.0135. The molecule has 1 heterocycles. The van der Waals surface area contributed by atoms with Crippen LogP contribution in [0.5, 0.6) is 5.75 Å². The zero-order valence-electron chi connectivity index (χ0n) is 15.6. The van der Waals surface area contributed by atoms with E-state index in [1.807, 2.05) is 37.3 Å². The number of aliphatic hydroxyl groups excluding tert-OH is 1. The van der Waals surface area contributed by atoms with Crippen molar-refractivity contribution in [1.29, 1.82) is 0 Å². The smallest absolute Gasteiger partial charge is 0.231 e. The molecule has 27 heavy (non-hydrogen) atoms. The Labute approximate surface area is 165 Å². The zero-order chi connectivity index (χ0) is 19.7. The van der Waals surface area contributed by atoms with Gasteiger partial charge in [0.05, 0.1) is 11.1 Å². The van der Waals surface area contributed by atoms with E-state index in [4.69, 9.17) is 17.4 Å². The average molecular weight is 391 g/mol. The summed E-state index contributed by atoms with van der Waals surface area (Å²) in [4.78, 5) is 19.2. The molecule has 8 heteroatoms. The van der Waals surface area contributed by atoms with Gasteiger partial charge in [-0.3, -0.25) is 10.1 Å². The molecule has 0 aliphatic heterocycles. The third-order valence-corrected chi connectivity index (χ3v) is 4.38. The van der Waals surface area contributed by atoms with Crippen molar-refractivity contribution in [1.82, 2.24) is 9.97 Å². The summed E-state index contributed by atoms with van der Waals surface area (Å²) in [7, 11) is 0. The summed E-state index contributed by atoms with van der Waals surface area (Å²) < 4.78 is 5.89. The molecule has 7 nitrogen and oxygen atoms in total. The lowest BCUT2D eigenvalue weighted by Crippen LogP contribution is -2.34. The van der Waals surface area contributed by atoms with Crippen LogP contribution in [0, 0.1) is 0 Å². The van der Waals surface area contributed by atoms with Crippen molar-refractivity contribution < 1.29 is 14.6 Å². The number of aliphatic hydroxyl groups is 1. The van der Waals surface area contributed by atoms with Gasteiger partial charge in [0.1, 0.15) is 6.61 Å². The van der Waals surface area contributed by atoms with Crippen molar-refractivity contribution in [3.63, 3.8) is 0 Å². The van der Waals surface area contributed by atoms with Gasteiger partial charge in [0.15, 0.2) is 11.6 Å². The number of carbonyl (C=O) groups excluding carboxylic acids is 1. The molecule has 0 saturated heterocycles. The maximum absolute atomic E-state index is 11.3. The van der Waals surface area contributed by atoms with Crippen LogP contribution in [0.2, 0.25) is 0 Å². The average Bonchev–Trinajstić information content (AvgIpc) is 2.61. The molecule has 0 bridgehead atoms. The molecule has 3 N–H and O–H groups in total. The number of ether oxygens (including phenoxy) is 1. The first kappa shape index (κ1) is 21.0. The highest BCUT2D eigenvalue weighted by Crippen LogP contribution is 2.32. The lowest BCUT2D eigenvalue weighted by atomic mass is 10.1. The number of nitrogens with zero attached hydrogens (tertiary/aromatic N) is 2. The van der Waals surface area contributed by atoms with Gasteiger partial charge in [-0.1, -0.05) is 43.7 Å².